The number of nitrogens with two attached hydrogens (primary N) is 2. The van der Waals surface area contributed by atoms with Gasteiger partial charge in [0.05, 0.1) is 0 Å². The highest BCUT2D eigenvalue weighted by atomic mass is 16.4. The van der Waals surface area contributed by atoms with Gasteiger partial charge in [-0.05, 0) is 38.6 Å². The highest BCUT2D eigenvalue weighted by Crippen LogP contribution is 1.97. The second kappa shape index (κ2) is 10.8. The molecular formula is C13H25N3O2. The van der Waals surface area contributed by atoms with Gasteiger partial charge in [-0.1, -0.05) is 18.6 Å². The van der Waals surface area contributed by atoms with Crippen LogP contribution in [0.2, 0.25) is 0 Å². The molecule has 0 bridgehead atoms. The van der Waals surface area contributed by atoms with E-state index in [1.807, 2.05) is 0 Å². The Bertz CT molecular complexity index is 277. The molecule has 5 nitrogen and oxygen atoms in total. The number of carboxylic acids is 1. The summed E-state index contributed by atoms with van der Waals surface area (Å²) in [6.45, 7) is 4.95. The molecule has 0 aromatic rings. The van der Waals surface area contributed by atoms with E-state index in [0.717, 1.165) is 25.9 Å². The molecule has 0 spiro atoms. The summed E-state index contributed by atoms with van der Waals surface area (Å²) in [6, 6.07) is -0.716. The molecule has 0 saturated carbocycles. The van der Waals surface area contributed by atoms with E-state index in [0.29, 0.717) is 13.0 Å². The Hall–Kier alpha value is -1.33. The van der Waals surface area contributed by atoms with Crippen LogP contribution in [0.5, 0.6) is 0 Å². The first-order valence-electron chi connectivity index (χ1n) is 6.37. The van der Waals surface area contributed by atoms with Crippen LogP contribution in [0, 0.1) is 0 Å². The van der Waals surface area contributed by atoms with Gasteiger partial charge < -0.3 is 21.5 Å². The minimum absolute atomic E-state index is 0.520. The van der Waals surface area contributed by atoms with Crippen molar-refractivity contribution in [3.05, 3.63) is 24.4 Å². The first-order chi connectivity index (χ1) is 8.61. The highest BCUT2D eigenvalue weighted by Gasteiger charge is 2.09. The van der Waals surface area contributed by atoms with E-state index in [4.69, 9.17) is 16.6 Å². The maximum absolute atomic E-state index is 10.1. The minimum atomic E-state index is -0.933. The first kappa shape index (κ1) is 16.7. The van der Waals surface area contributed by atoms with E-state index in [-0.39, 0.29) is 0 Å². The number of allylic oxidation sites excluding steroid dienone is 2. The van der Waals surface area contributed by atoms with Gasteiger partial charge in [0.1, 0.15) is 6.04 Å². The molecule has 1 aliphatic rings. The third-order valence-electron chi connectivity index (χ3n) is 2.58. The predicted octanol–water partition coefficient (Wildman–Crippen LogP) is 0.919. The quantitative estimate of drug-likeness (QED) is 0.614. The SMILES string of the molecule is CCN1C=CC=CC1.NCCCCC(N)C(=O)O. The van der Waals surface area contributed by atoms with Crippen molar-refractivity contribution in [1.29, 1.82) is 0 Å². The monoisotopic (exact) mass is 255 g/mol. The average molecular weight is 255 g/mol. The largest absolute Gasteiger partial charge is 0.480 e. The van der Waals surface area contributed by atoms with Crippen molar-refractivity contribution in [2.75, 3.05) is 19.6 Å². The van der Waals surface area contributed by atoms with Gasteiger partial charge in [-0.15, -0.1) is 0 Å². The summed E-state index contributed by atoms with van der Waals surface area (Å²) in [4.78, 5) is 12.4. The third-order valence-corrected chi connectivity index (χ3v) is 2.58. The van der Waals surface area contributed by atoms with Crippen molar-refractivity contribution in [2.45, 2.75) is 32.2 Å². The van der Waals surface area contributed by atoms with Gasteiger partial charge in [0.25, 0.3) is 0 Å². The number of hydrogen-bond donors (Lipinski definition) is 3. The summed E-state index contributed by atoms with van der Waals surface area (Å²) in [5.41, 5.74) is 10.4. The molecule has 0 aliphatic carbocycles. The van der Waals surface area contributed by atoms with Gasteiger partial charge in [0.2, 0.25) is 0 Å². The van der Waals surface area contributed by atoms with Crippen LogP contribution in [0.25, 0.3) is 0 Å². The average Bonchev–Trinajstić information content (AvgIpc) is 2.40. The fourth-order valence-corrected chi connectivity index (χ4v) is 1.37. The molecule has 5 N–H and O–H groups in total. The lowest BCUT2D eigenvalue weighted by Crippen LogP contribution is -2.29. The molecule has 5 heteroatoms. The Morgan fingerprint density at radius 1 is 1.44 bits per heavy atom. The number of likely N-dealkylation sites (N-methyl/N-ethyl adjacent to an activating group) is 1. The summed E-state index contributed by atoms with van der Waals surface area (Å²) in [6.07, 6.45) is 10.6. The molecule has 1 atom stereocenters. The van der Waals surface area contributed by atoms with Gasteiger partial charge in [0.15, 0.2) is 0 Å². The summed E-state index contributed by atoms with van der Waals surface area (Å²) in [5.74, 6) is -0.933. The van der Waals surface area contributed by atoms with Crippen LogP contribution in [0.3, 0.4) is 0 Å². The predicted molar refractivity (Wildman–Crippen MR) is 74.0 cm³/mol. The molecule has 1 heterocycles. The summed E-state index contributed by atoms with van der Waals surface area (Å²) < 4.78 is 0. The van der Waals surface area contributed by atoms with Gasteiger partial charge >= 0.3 is 5.97 Å². The molecule has 18 heavy (non-hydrogen) atoms. The van der Waals surface area contributed by atoms with Crippen LogP contribution in [0.15, 0.2) is 24.4 Å². The maximum atomic E-state index is 10.1. The van der Waals surface area contributed by atoms with Crippen molar-refractivity contribution >= 4 is 5.97 Å². The lowest BCUT2D eigenvalue weighted by Gasteiger charge is -2.16. The number of hydrogen-bond acceptors (Lipinski definition) is 4. The number of rotatable bonds is 6. The normalized spacial score (nSPS) is 14.9. The van der Waals surface area contributed by atoms with E-state index in [9.17, 15) is 4.79 Å². The Kier molecular flexibility index (Phi) is 10.0. The molecule has 0 saturated heterocycles. The number of aliphatic carboxylic acids is 1. The fraction of sp³-hybridized carbons (Fsp3) is 0.615. The molecule has 0 aromatic heterocycles. The second-order valence-electron chi connectivity index (χ2n) is 4.09. The summed E-state index contributed by atoms with van der Waals surface area (Å²) >= 11 is 0. The standard InChI is InChI=1S/C7H11N.C6H14N2O2/c1-2-8-6-4-3-5-7-8;7-4-2-1-3-5(8)6(9)10/h3-6H,2,7H2,1H3;5H,1-4,7-8H2,(H,9,10). The molecule has 104 valence electrons. The van der Waals surface area contributed by atoms with Crippen molar-refractivity contribution in [1.82, 2.24) is 4.90 Å². The van der Waals surface area contributed by atoms with Crippen LogP contribution in [0.1, 0.15) is 26.2 Å². The number of unbranched alkanes of at least 4 members (excludes halogenated alkanes) is 1. The third kappa shape index (κ3) is 8.78. The molecule has 0 aromatic carbocycles. The fourth-order valence-electron chi connectivity index (χ4n) is 1.37. The van der Waals surface area contributed by atoms with E-state index in [2.05, 4.69) is 36.3 Å². The van der Waals surface area contributed by atoms with Crippen LogP contribution in [0.4, 0.5) is 0 Å². The maximum Gasteiger partial charge on any atom is 0.320 e. The van der Waals surface area contributed by atoms with Crippen molar-refractivity contribution < 1.29 is 9.90 Å². The van der Waals surface area contributed by atoms with Crippen molar-refractivity contribution in [2.24, 2.45) is 11.5 Å². The van der Waals surface area contributed by atoms with Crippen LogP contribution in [-0.4, -0.2) is 41.7 Å². The van der Waals surface area contributed by atoms with Gasteiger partial charge in [-0.2, -0.15) is 0 Å². The molecular weight excluding hydrogens is 230 g/mol. The number of nitrogens with zero attached hydrogens (tertiary/aromatic N) is 1. The molecule has 0 fully saturated rings. The van der Waals surface area contributed by atoms with Crippen molar-refractivity contribution in [3.8, 4) is 0 Å². The molecule has 0 radical (unpaired) electrons. The Morgan fingerprint density at radius 2 is 2.17 bits per heavy atom. The zero-order valence-electron chi connectivity index (χ0n) is 11.1. The molecule has 0 amide bonds. The van der Waals surface area contributed by atoms with E-state index < -0.39 is 12.0 Å². The number of carboxylic acid groups (broad SMARTS) is 1. The molecule has 1 aliphatic heterocycles. The van der Waals surface area contributed by atoms with E-state index >= 15 is 0 Å². The molecule has 1 unspecified atom stereocenters. The van der Waals surface area contributed by atoms with Crippen LogP contribution < -0.4 is 11.5 Å². The Labute approximate surface area is 109 Å². The smallest absolute Gasteiger partial charge is 0.320 e. The van der Waals surface area contributed by atoms with Crippen LogP contribution >= 0.6 is 0 Å². The number of carbonyl (C=O) groups is 1. The van der Waals surface area contributed by atoms with Gasteiger partial charge in [0, 0.05) is 13.1 Å². The zero-order valence-corrected chi connectivity index (χ0v) is 11.1. The topological polar surface area (TPSA) is 92.6 Å². The lowest BCUT2D eigenvalue weighted by molar-refractivity contribution is -0.138. The lowest BCUT2D eigenvalue weighted by atomic mass is 10.1. The highest BCUT2D eigenvalue weighted by molar-refractivity contribution is 5.72. The Morgan fingerprint density at radius 3 is 2.56 bits per heavy atom. The zero-order chi connectivity index (χ0) is 13.8. The summed E-state index contributed by atoms with van der Waals surface area (Å²) in [7, 11) is 0. The van der Waals surface area contributed by atoms with E-state index in [1.54, 1.807) is 0 Å². The van der Waals surface area contributed by atoms with Gasteiger partial charge in [-0.3, -0.25) is 4.79 Å². The minimum Gasteiger partial charge on any atom is -0.480 e. The van der Waals surface area contributed by atoms with Crippen molar-refractivity contribution in [3.63, 3.8) is 0 Å². The van der Waals surface area contributed by atoms with E-state index in [1.165, 1.54) is 0 Å². The molecule has 1 rings (SSSR count). The summed E-state index contributed by atoms with van der Waals surface area (Å²) in [5, 5.41) is 8.33. The first-order valence-corrected chi connectivity index (χ1v) is 6.37. The Balaban J connectivity index is 0.000000327. The van der Waals surface area contributed by atoms with Gasteiger partial charge in [-0.25, -0.2) is 0 Å². The second-order valence-corrected chi connectivity index (χ2v) is 4.09. The van der Waals surface area contributed by atoms with Crippen LogP contribution in [-0.2, 0) is 4.79 Å².